The minimum absolute atomic E-state index is 0. The van der Waals surface area contributed by atoms with Gasteiger partial charge in [0, 0.05) is 26.2 Å². The average Bonchev–Trinajstić information content (AvgIpc) is 2.95. The molecule has 0 aliphatic rings. The van der Waals surface area contributed by atoms with Gasteiger partial charge in [0.05, 0.1) is 13.1 Å². The predicted molar refractivity (Wildman–Crippen MR) is 109 cm³/mol. The molecule has 9 heteroatoms. The first kappa shape index (κ1) is 20.9. The molecule has 1 aromatic heterocycles. The third-order valence-electron chi connectivity index (χ3n) is 3.23. The Balaban J connectivity index is 0.00000312. The number of carbonyl (C=O) groups excluding carboxylic acids is 1. The molecule has 0 saturated heterocycles. The van der Waals surface area contributed by atoms with Gasteiger partial charge >= 0.3 is 0 Å². The van der Waals surface area contributed by atoms with Gasteiger partial charge in [0.25, 0.3) is 0 Å². The lowest BCUT2D eigenvalue weighted by atomic mass is 10.2. The molecule has 0 aliphatic heterocycles. The van der Waals surface area contributed by atoms with Gasteiger partial charge in [-0.15, -0.1) is 24.0 Å². The Morgan fingerprint density at radius 2 is 2.12 bits per heavy atom. The van der Waals surface area contributed by atoms with Crippen molar-refractivity contribution in [1.82, 2.24) is 25.4 Å². The first-order chi connectivity index (χ1) is 11.6. The molecule has 25 heavy (non-hydrogen) atoms. The van der Waals surface area contributed by atoms with E-state index in [1.807, 2.05) is 38.2 Å². The first-order valence-electron chi connectivity index (χ1n) is 7.80. The van der Waals surface area contributed by atoms with Gasteiger partial charge < -0.3 is 16.0 Å². The van der Waals surface area contributed by atoms with Gasteiger partial charge in [-0.3, -0.25) is 9.48 Å². The maximum atomic E-state index is 11.1. The van der Waals surface area contributed by atoms with Crippen molar-refractivity contribution in [3.05, 3.63) is 42.0 Å². The summed E-state index contributed by atoms with van der Waals surface area (Å²) in [5.41, 5.74) is 1.78. The molecule has 0 spiro atoms. The van der Waals surface area contributed by atoms with E-state index >= 15 is 0 Å². The summed E-state index contributed by atoms with van der Waals surface area (Å²) in [4.78, 5) is 19.9. The summed E-state index contributed by atoms with van der Waals surface area (Å²) in [6.45, 7) is 5.30. The molecular formula is C16H24IN7O. The van der Waals surface area contributed by atoms with Gasteiger partial charge in [0.1, 0.15) is 12.2 Å². The molecule has 1 aromatic carbocycles. The number of rotatable bonds is 6. The SMILES string of the molecule is CCNC(=NCc1cccc(NC(C)=O)c1)NCc1ncnn1C.I. The Morgan fingerprint density at radius 3 is 2.76 bits per heavy atom. The minimum Gasteiger partial charge on any atom is -0.357 e. The normalized spacial score (nSPS) is 10.8. The van der Waals surface area contributed by atoms with Gasteiger partial charge in [-0.1, -0.05) is 12.1 Å². The van der Waals surface area contributed by atoms with Crippen molar-refractivity contribution >= 4 is 41.5 Å². The van der Waals surface area contributed by atoms with Crippen molar-refractivity contribution < 1.29 is 4.79 Å². The molecule has 0 atom stereocenters. The Hall–Kier alpha value is -2.17. The summed E-state index contributed by atoms with van der Waals surface area (Å²) >= 11 is 0. The number of hydrogen-bond donors (Lipinski definition) is 3. The summed E-state index contributed by atoms with van der Waals surface area (Å²) in [6.07, 6.45) is 1.52. The summed E-state index contributed by atoms with van der Waals surface area (Å²) in [5.74, 6) is 1.44. The molecule has 8 nitrogen and oxygen atoms in total. The molecule has 2 aromatic rings. The molecule has 2 rings (SSSR count). The zero-order valence-corrected chi connectivity index (χ0v) is 16.9. The molecule has 1 heterocycles. The van der Waals surface area contributed by atoms with Gasteiger partial charge in [-0.05, 0) is 24.6 Å². The fourth-order valence-electron chi connectivity index (χ4n) is 2.11. The molecular weight excluding hydrogens is 433 g/mol. The second-order valence-corrected chi connectivity index (χ2v) is 5.23. The molecule has 136 valence electrons. The molecule has 1 amide bonds. The number of aryl methyl sites for hydroxylation is 1. The highest BCUT2D eigenvalue weighted by atomic mass is 127. The quantitative estimate of drug-likeness (QED) is 0.348. The zero-order valence-electron chi connectivity index (χ0n) is 14.6. The van der Waals surface area contributed by atoms with Gasteiger partial charge in [-0.2, -0.15) is 5.10 Å². The second-order valence-electron chi connectivity index (χ2n) is 5.23. The highest BCUT2D eigenvalue weighted by Crippen LogP contribution is 2.11. The zero-order chi connectivity index (χ0) is 17.4. The highest BCUT2D eigenvalue weighted by molar-refractivity contribution is 14.0. The van der Waals surface area contributed by atoms with Crippen LogP contribution in [0.3, 0.4) is 0 Å². The smallest absolute Gasteiger partial charge is 0.221 e. The van der Waals surface area contributed by atoms with Crippen molar-refractivity contribution in [3.63, 3.8) is 0 Å². The number of hydrogen-bond acceptors (Lipinski definition) is 4. The van der Waals surface area contributed by atoms with Crippen LogP contribution >= 0.6 is 24.0 Å². The van der Waals surface area contributed by atoms with E-state index in [4.69, 9.17) is 0 Å². The lowest BCUT2D eigenvalue weighted by molar-refractivity contribution is -0.114. The van der Waals surface area contributed by atoms with Crippen LogP contribution < -0.4 is 16.0 Å². The van der Waals surface area contributed by atoms with Crippen LogP contribution in [-0.2, 0) is 24.9 Å². The van der Waals surface area contributed by atoms with Gasteiger partial charge in [-0.25, -0.2) is 9.98 Å². The summed E-state index contributed by atoms with van der Waals surface area (Å²) < 4.78 is 1.72. The van der Waals surface area contributed by atoms with Crippen LogP contribution in [0, 0.1) is 0 Å². The molecule has 0 fully saturated rings. The number of nitrogens with one attached hydrogen (secondary N) is 3. The number of aromatic nitrogens is 3. The summed E-state index contributed by atoms with van der Waals surface area (Å²) in [7, 11) is 1.85. The number of anilines is 1. The standard InChI is InChI=1S/C16H23N7O.HI/c1-4-17-16(19-10-15-20-11-21-23(15)3)18-9-13-6-5-7-14(8-13)22-12(2)24;/h5-8,11H,4,9-10H2,1-3H3,(H,22,24)(H2,17,18,19);1H. The number of aliphatic imine (C=N–C) groups is 1. The van der Waals surface area contributed by atoms with Crippen LogP contribution in [0.1, 0.15) is 25.2 Å². The second kappa shape index (κ2) is 10.6. The third-order valence-corrected chi connectivity index (χ3v) is 3.23. The maximum Gasteiger partial charge on any atom is 0.221 e. The summed E-state index contributed by atoms with van der Waals surface area (Å²) in [5, 5.41) is 13.2. The maximum absolute atomic E-state index is 11.1. The van der Waals surface area contributed by atoms with Crippen LogP contribution in [0.4, 0.5) is 5.69 Å². The number of amides is 1. The number of guanidine groups is 1. The van der Waals surface area contributed by atoms with Crippen LogP contribution in [-0.4, -0.2) is 33.2 Å². The molecule has 0 saturated carbocycles. The Labute approximate surface area is 164 Å². The molecule has 0 radical (unpaired) electrons. The van der Waals surface area contributed by atoms with Crippen LogP contribution in [0.2, 0.25) is 0 Å². The number of carbonyl (C=O) groups is 1. The van der Waals surface area contributed by atoms with Crippen molar-refractivity contribution in [2.45, 2.75) is 26.9 Å². The Morgan fingerprint density at radius 1 is 1.32 bits per heavy atom. The summed E-state index contributed by atoms with van der Waals surface area (Å²) in [6, 6.07) is 7.64. The van der Waals surface area contributed by atoms with E-state index in [0.29, 0.717) is 19.0 Å². The van der Waals surface area contributed by atoms with E-state index in [1.165, 1.54) is 13.3 Å². The Bertz CT molecular complexity index is 714. The average molecular weight is 457 g/mol. The van der Waals surface area contributed by atoms with E-state index in [-0.39, 0.29) is 29.9 Å². The molecule has 0 unspecified atom stereocenters. The number of benzene rings is 1. The van der Waals surface area contributed by atoms with Crippen molar-refractivity contribution in [2.24, 2.45) is 12.0 Å². The van der Waals surface area contributed by atoms with E-state index in [2.05, 4.69) is 31.0 Å². The number of halogens is 1. The fourth-order valence-corrected chi connectivity index (χ4v) is 2.11. The number of nitrogens with zero attached hydrogens (tertiary/aromatic N) is 4. The van der Waals surface area contributed by atoms with Crippen molar-refractivity contribution in [2.75, 3.05) is 11.9 Å². The molecule has 0 aliphatic carbocycles. The monoisotopic (exact) mass is 457 g/mol. The van der Waals surface area contributed by atoms with Gasteiger partial charge in [0.2, 0.25) is 5.91 Å². The Kier molecular flexibility index (Phi) is 8.89. The molecule has 0 bridgehead atoms. The predicted octanol–water partition coefficient (Wildman–Crippen LogP) is 1.65. The lowest BCUT2D eigenvalue weighted by Gasteiger charge is -2.11. The van der Waals surface area contributed by atoms with Crippen LogP contribution in [0.25, 0.3) is 0 Å². The molecule has 3 N–H and O–H groups in total. The third kappa shape index (κ3) is 7.08. The lowest BCUT2D eigenvalue weighted by Crippen LogP contribution is -2.37. The minimum atomic E-state index is -0.0886. The van der Waals surface area contributed by atoms with E-state index < -0.39 is 0 Å². The van der Waals surface area contributed by atoms with Crippen LogP contribution in [0.5, 0.6) is 0 Å². The first-order valence-corrected chi connectivity index (χ1v) is 7.80. The van der Waals surface area contributed by atoms with Crippen molar-refractivity contribution in [1.29, 1.82) is 0 Å². The van der Waals surface area contributed by atoms with E-state index in [1.54, 1.807) is 4.68 Å². The van der Waals surface area contributed by atoms with Crippen LogP contribution in [0.15, 0.2) is 35.6 Å². The largest absolute Gasteiger partial charge is 0.357 e. The fraction of sp³-hybridized carbons (Fsp3) is 0.375. The van der Waals surface area contributed by atoms with Gasteiger partial charge in [0.15, 0.2) is 5.96 Å². The topological polar surface area (TPSA) is 96.2 Å². The van der Waals surface area contributed by atoms with E-state index in [9.17, 15) is 4.79 Å². The highest BCUT2D eigenvalue weighted by Gasteiger charge is 2.03. The van der Waals surface area contributed by atoms with E-state index in [0.717, 1.165) is 23.6 Å². The van der Waals surface area contributed by atoms with Crippen molar-refractivity contribution in [3.8, 4) is 0 Å².